The van der Waals surface area contributed by atoms with E-state index in [1.54, 1.807) is 11.3 Å². The molecule has 0 saturated heterocycles. The smallest absolute Gasteiger partial charge is 0.142 e. The van der Waals surface area contributed by atoms with E-state index in [1.807, 2.05) is 25.1 Å². The minimum atomic E-state index is 0.637. The van der Waals surface area contributed by atoms with E-state index < -0.39 is 0 Å². The highest BCUT2D eigenvalue weighted by Crippen LogP contribution is 2.30. The van der Waals surface area contributed by atoms with E-state index in [0.29, 0.717) is 11.6 Å². The van der Waals surface area contributed by atoms with Crippen molar-refractivity contribution in [2.45, 2.75) is 13.5 Å². The fraction of sp³-hybridized carbons (Fsp3) is 0.176. The number of rotatable bonds is 5. The van der Waals surface area contributed by atoms with Gasteiger partial charge in [0.05, 0.1) is 12.3 Å². The summed E-state index contributed by atoms with van der Waals surface area (Å²) in [6.45, 7) is 3.37. The van der Waals surface area contributed by atoms with Crippen molar-refractivity contribution in [1.82, 2.24) is 0 Å². The maximum atomic E-state index is 6.08. The average molecular weight is 318 g/mol. The van der Waals surface area contributed by atoms with Gasteiger partial charge in [0, 0.05) is 16.3 Å². The Balaban J connectivity index is 1.83. The first-order chi connectivity index (χ1) is 10.3. The summed E-state index contributed by atoms with van der Waals surface area (Å²) in [6, 6.07) is 14.1. The second-order valence-corrected chi connectivity index (χ2v) is 6.03. The monoisotopic (exact) mass is 317 g/mol. The molecule has 0 fully saturated rings. The molecule has 0 bridgehead atoms. The van der Waals surface area contributed by atoms with Gasteiger partial charge in [-0.05, 0) is 47.5 Å². The maximum absolute atomic E-state index is 6.08. The van der Waals surface area contributed by atoms with Crippen LogP contribution in [0.2, 0.25) is 5.02 Å². The predicted octanol–water partition coefficient (Wildman–Crippen LogP) is 5.57. The van der Waals surface area contributed by atoms with Gasteiger partial charge in [0.2, 0.25) is 0 Å². The lowest BCUT2D eigenvalue weighted by Crippen LogP contribution is -2.02. The van der Waals surface area contributed by atoms with Crippen molar-refractivity contribution in [3.63, 3.8) is 0 Å². The van der Waals surface area contributed by atoms with Crippen LogP contribution in [0.1, 0.15) is 12.5 Å². The summed E-state index contributed by atoms with van der Waals surface area (Å²) in [6.07, 6.45) is 0. The van der Waals surface area contributed by atoms with Crippen molar-refractivity contribution in [2.75, 3.05) is 11.9 Å². The molecule has 0 aliphatic carbocycles. The normalized spacial score (nSPS) is 10.8. The molecule has 0 aliphatic rings. The van der Waals surface area contributed by atoms with Gasteiger partial charge < -0.3 is 10.1 Å². The van der Waals surface area contributed by atoms with Crippen molar-refractivity contribution in [1.29, 1.82) is 0 Å². The van der Waals surface area contributed by atoms with Crippen molar-refractivity contribution in [3.8, 4) is 5.75 Å². The summed E-state index contributed by atoms with van der Waals surface area (Å²) in [7, 11) is 0. The Kier molecular flexibility index (Phi) is 4.32. The fourth-order valence-electron chi connectivity index (χ4n) is 2.28. The number of thiophene rings is 1. The van der Waals surface area contributed by atoms with Crippen molar-refractivity contribution in [3.05, 3.63) is 58.4 Å². The topological polar surface area (TPSA) is 21.3 Å². The molecule has 4 heteroatoms. The summed E-state index contributed by atoms with van der Waals surface area (Å²) >= 11 is 7.85. The van der Waals surface area contributed by atoms with Gasteiger partial charge in [-0.1, -0.05) is 29.8 Å². The number of hydrogen-bond donors (Lipinski definition) is 1. The third-order valence-electron chi connectivity index (χ3n) is 3.27. The highest BCUT2D eigenvalue weighted by Gasteiger charge is 2.07. The standard InChI is InChI=1S/C17H16ClNOS/c1-2-20-16-8-7-13(18)9-15(16)19-10-12-11-21-17-6-4-3-5-14(12)17/h3-9,11,19H,2,10H2,1H3. The van der Waals surface area contributed by atoms with E-state index in [0.717, 1.165) is 18.0 Å². The van der Waals surface area contributed by atoms with Gasteiger partial charge in [-0.2, -0.15) is 0 Å². The molecular weight excluding hydrogens is 302 g/mol. The summed E-state index contributed by atoms with van der Waals surface area (Å²) in [5.41, 5.74) is 2.22. The molecule has 1 N–H and O–H groups in total. The van der Waals surface area contributed by atoms with Gasteiger partial charge in [0.15, 0.2) is 0 Å². The Morgan fingerprint density at radius 2 is 2.05 bits per heavy atom. The molecule has 0 atom stereocenters. The molecule has 21 heavy (non-hydrogen) atoms. The Labute approximate surface area is 133 Å². The van der Waals surface area contributed by atoms with Gasteiger partial charge in [-0.15, -0.1) is 11.3 Å². The molecule has 0 amide bonds. The molecule has 3 aromatic rings. The molecule has 1 aromatic heterocycles. The number of hydrogen-bond acceptors (Lipinski definition) is 3. The van der Waals surface area contributed by atoms with E-state index in [1.165, 1.54) is 15.6 Å². The minimum Gasteiger partial charge on any atom is -0.492 e. The third kappa shape index (κ3) is 3.14. The van der Waals surface area contributed by atoms with E-state index in [2.05, 4.69) is 35.0 Å². The predicted molar refractivity (Wildman–Crippen MR) is 91.8 cm³/mol. The Hall–Kier alpha value is -1.71. The molecule has 2 aromatic carbocycles. The summed E-state index contributed by atoms with van der Waals surface area (Å²) in [5.74, 6) is 0.835. The van der Waals surface area contributed by atoms with Gasteiger partial charge >= 0.3 is 0 Å². The molecule has 0 aliphatic heterocycles. The van der Waals surface area contributed by atoms with E-state index in [-0.39, 0.29) is 0 Å². The molecule has 108 valence electrons. The van der Waals surface area contributed by atoms with Crippen molar-refractivity contribution in [2.24, 2.45) is 0 Å². The quantitative estimate of drug-likeness (QED) is 0.664. The molecule has 0 saturated carbocycles. The zero-order valence-electron chi connectivity index (χ0n) is 11.7. The van der Waals surface area contributed by atoms with Gasteiger partial charge in [0.1, 0.15) is 5.75 Å². The molecule has 0 spiro atoms. The molecule has 1 heterocycles. The highest BCUT2D eigenvalue weighted by molar-refractivity contribution is 7.17. The van der Waals surface area contributed by atoms with Crippen LogP contribution in [0.3, 0.4) is 0 Å². The SMILES string of the molecule is CCOc1ccc(Cl)cc1NCc1csc2ccccc12. The second kappa shape index (κ2) is 6.37. The van der Waals surface area contributed by atoms with Crippen LogP contribution in [0.25, 0.3) is 10.1 Å². The van der Waals surface area contributed by atoms with E-state index in [4.69, 9.17) is 16.3 Å². The Morgan fingerprint density at radius 1 is 1.19 bits per heavy atom. The second-order valence-electron chi connectivity index (χ2n) is 4.68. The van der Waals surface area contributed by atoms with Crippen LogP contribution >= 0.6 is 22.9 Å². The zero-order chi connectivity index (χ0) is 14.7. The third-order valence-corrected chi connectivity index (χ3v) is 4.52. The van der Waals surface area contributed by atoms with Crippen LogP contribution in [-0.4, -0.2) is 6.61 Å². The van der Waals surface area contributed by atoms with Crippen molar-refractivity contribution < 1.29 is 4.74 Å². The number of halogens is 1. The van der Waals surface area contributed by atoms with Crippen molar-refractivity contribution >= 4 is 38.7 Å². The molecular formula is C17H16ClNOS. The Morgan fingerprint density at radius 3 is 2.90 bits per heavy atom. The molecule has 2 nitrogen and oxygen atoms in total. The first kappa shape index (κ1) is 14.2. The first-order valence-corrected chi connectivity index (χ1v) is 8.15. The van der Waals surface area contributed by atoms with Crippen LogP contribution in [0, 0.1) is 0 Å². The van der Waals surface area contributed by atoms with E-state index in [9.17, 15) is 0 Å². The fourth-order valence-corrected chi connectivity index (χ4v) is 3.42. The lowest BCUT2D eigenvalue weighted by Gasteiger charge is -2.12. The van der Waals surface area contributed by atoms with Gasteiger partial charge in [-0.3, -0.25) is 0 Å². The van der Waals surface area contributed by atoms with Crippen LogP contribution in [0.5, 0.6) is 5.75 Å². The largest absolute Gasteiger partial charge is 0.492 e. The minimum absolute atomic E-state index is 0.637. The first-order valence-electron chi connectivity index (χ1n) is 6.89. The van der Waals surface area contributed by atoms with Gasteiger partial charge in [-0.25, -0.2) is 0 Å². The maximum Gasteiger partial charge on any atom is 0.142 e. The summed E-state index contributed by atoms with van der Waals surface area (Å²) in [4.78, 5) is 0. The van der Waals surface area contributed by atoms with Gasteiger partial charge in [0.25, 0.3) is 0 Å². The Bertz CT molecular complexity index is 753. The van der Waals surface area contributed by atoms with Crippen LogP contribution in [0.15, 0.2) is 47.8 Å². The zero-order valence-corrected chi connectivity index (χ0v) is 13.3. The number of anilines is 1. The lowest BCUT2D eigenvalue weighted by molar-refractivity contribution is 0.341. The number of ether oxygens (including phenoxy) is 1. The summed E-state index contributed by atoms with van der Waals surface area (Å²) in [5, 5.41) is 7.63. The average Bonchev–Trinajstić information content (AvgIpc) is 2.91. The number of nitrogens with one attached hydrogen (secondary N) is 1. The number of benzene rings is 2. The van der Waals surface area contributed by atoms with Crippen LogP contribution < -0.4 is 10.1 Å². The highest BCUT2D eigenvalue weighted by atomic mass is 35.5. The lowest BCUT2D eigenvalue weighted by atomic mass is 10.2. The molecule has 0 radical (unpaired) electrons. The molecule has 0 unspecified atom stereocenters. The molecule has 3 rings (SSSR count). The van der Waals surface area contributed by atoms with Crippen LogP contribution in [0.4, 0.5) is 5.69 Å². The van der Waals surface area contributed by atoms with Crippen LogP contribution in [-0.2, 0) is 6.54 Å². The summed E-state index contributed by atoms with van der Waals surface area (Å²) < 4.78 is 6.94. The van der Waals surface area contributed by atoms with E-state index >= 15 is 0 Å². The number of fused-ring (bicyclic) bond motifs is 1.